The van der Waals surface area contributed by atoms with Crippen LogP contribution in [-0.4, -0.2) is 53.7 Å². The van der Waals surface area contributed by atoms with Crippen molar-refractivity contribution in [2.24, 2.45) is 0 Å². The molecule has 0 atom stereocenters. The van der Waals surface area contributed by atoms with Crippen LogP contribution in [0.15, 0.2) is 48.5 Å². The predicted molar refractivity (Wildman–Crippen MR) is 104 cm³/mol. The highest BCUT2D eigenvalue weighted by Crippen LogP contribution is 2.19. The molecule has 28 heavy (non-hydrogen) atoms. The van der Waals surface area contributed by atoms with Crippen LogP contribution in [0.3, 0.4) is 0 Å². The molecule has 1 heterocycles. The van der Waals surface area contributed by atoms with Crippen molar-refractivity contribution in [2.45, 2.75) is 0 Å². The first-order valence-electron chi connectivity index (χ1n) is 8.36. The minimum absolute atomic E-state index is 0.0633. The van der Waals surface area contributed by atoms with Gasteiger partial charge in [-0.25, -0.2) is 4.79 Å². The Balaban J connectivity index is 1.70. The maximum atomic E-state index is 12.6. The molecule has 1 aliphatic heterocycles. The summed E-state index contributed by atoms with van der Waals surface area (Å²) in [5, 5.41) is 5.85. The number of carbonyl (C=O) groups excluding carboxylic acids is 4. The Morgan fingerprint density at radius 2 is 1.71 bits per heavy atom. The number of carbonyl (C=O) groups is 4. The number of anilines is 2. The topological polar surface area (TPSA) is 98.8 Å². The van der Waals surface area contributed by atoms with Crippen molar-refractivity contribution in [2.75, 3.05) is 30.8 Å². The fraction of sp³-hybridized carbons (Fsp3) is 0.158. The second kappa shape index (κ2) is 8.10. The summed E-state index contributed by atoms with van der Waals surface area (Å²) in [6.45, 7) is -0.485. The van der Waals surface area contributed by atoms with Crippen molar-refractivity contribution in [3.63, 3.8) is 0 Å². The van der Waals surface area contributed by atoms with E-state index in [0.29, 0.717) is 10.7 Å². The van der Waals surface area contributed by atoms with E-state index in [4.69, 9.17) is 11.6 Å². The second-order valence-corrected chi connectivity index (χ2v) is 6.61. The van der Waals surface area contributed by atoms with E-state index in [-0.39, 0.29) is 17.8 Å². The minimum Gasteiger partial charge on any atom is -0.324 e. The molecule has 2 aromatic rings. The number of para-hydroxylation sites is 1. The maximum absolute atomic E-state index is 12.6. The van der Waals surface area contributed by atoms with Crippen LogP contribution in [0.2, 0.25) is 5.02 Å². The fourth-order valence-electron chi connectivity index (χ4n) is 2.68. The Kier molecular flexibility index (Phi) is 5.60. The predicted octanol–water partition coefficient (Wildman–Crippen LogP) is 2.42. The molecule has 0 unspecified atom stereocenters. The number of likely N-dealkylation sites (N-methyl/N-ethyl adjacent to an activating group) is 1. The van der Waals surface area contributed by atoms with Gasteiger partial charge in [0.15, 0.2) is 0 Å². The van der Waals surface area contributed by atoms with Crippen LogP contribution >= 0.6 is 11.6 Å². The van der Waals surface area contributed by atoms with E-state index in [1.807, 2.05) is 0 Å². The van der Waals surface area contributed by atoms with E-state index in [1.54, 1.807) is 48.5 Å². The van der Waals surface area contributed by atoms with Gasteiger partial charge in [-0.1, -0.05) is 23.7 Å². The summed E-state index contributed by atoms with van der Waals surface area (Å²) < 4.78 is 0. The molecular weight excluding hydrogens is 384 g/mol. The highest BCUT2D eigenvalue weighted by molar-refractivity contribution is 6.30. The van der Waals surface area contributed by atoms with Crippen molar-refractivity contribution < 1.29 is 19.2 Å². The molecule has 2 N–H and O–H groups in total. The molecule has 1 aliphatic rings. The van der Waals surface area contributed by atoms with Gasteiger partial charge in [-0.05, 0) is 36.4 Å². The number of amides is 5. The first-order valence-corrected chi connectivity index (χ1v) is 8.74. The average molecular weight is 401 g/mol. The van der Waals surface area contributed by atoms with Crippen LogP contribution < -0.4 is 10.6 Å². The number of nitrogens with zero attached hydrogens (tertiary/aromatic N) is 2. The third-order valence-corrected chi connectivity index (χ3v) is 4.33. The molecule has 2 aromatic carbocycles. The minimum atomic E-state index is -0.580. The summed E-state index contributed by atoms with van der Waals surface area (Å²) in [5.41, 5.74) is 1.06. The summed E-state index contributed by atoms with van der Waals surface area (Å²) >= 11 is 5.83. The first-order chi connectivity index (χ1) is 13.3. The molecule has 9 heteroatoms. The quantitative estimate of drug-likeness (QED) is 0.753. The zero-order valence-corrected chi connectivity index (χ0v) is 15.7. The zero-order valence-electron chi connectivity index (χ0n) is 14.9. The number of imide groups is 1. The average Bonchev–Trinajstić information content (AvgIpc) is 2.90. The molecule has 0 saturated carbocycles. The smallest absolute Gasteiger partial charge is 0.324 e. The van der Waals surface area contributed by atoms with E-state index >= 15 is 0 Å². The van der Waals surface area contributed by atoms with Gasteiger partial charge in [-0.2, -0.15) is 0 Å². The van der Waals surface area contributed by atoms with E-state index in [0.717, 1.165) is 4.90 Å². The third-order valence-electron chi connectivity index (χ3n) is 4.08. The highest BCUT2D eigenvalue weighted by Gasteiger charge is 2.34. The van der Waals surface area contributed by atoms with E-state index in [9.17, 15) is 19.2 Å². The molecule has 5 amide bonds. The van der Waals surface area contributed by atoms with Gasteiger partial charge in [0, 0.05) is 17.8 Å². The normalized spacial score (nSPS) is 13.6. The number of urea groups is 1. The summed E-state index contributed by atoms with van der Waals surface area (Å²) in [6, 6.07) is 12.5. The van der Waals surface area contributed by atoms with Gasteiger partial charge in [-0.15, -0.1) is 0 Å². The number of halogens is 1. The molecule has 0 radical (unpaired) electrons. The van der Waals surface area contributed by atoms with E-state index < -0.39 is 30.3 Å². The maximum Gasteiger partial charge on any atom is 0.327 e. The number of hydrogen-bond donors (Lipinski definition) is 2. The Morgan fingerprint density at radius 3 is 2.36 bits per heavy atom. The van der Waals surface area contributed by atoms with Crippen LogP contribution in [0.25, 0.3) is 0 Å². The van der Waals surface area contributed by atoms with Crippen LogP contribution in [0, 0.1) is 0 Å². The van der Waals surface area contributed by atoms with Gasteiger partial charge in [0.25, 0.3) is 11.8 Å². The van der Waals surface area contributed by atoms with Crippen LogP contribution in [0.4, 0.5) is 16.2 Å². The van der Waals surface area contributed by atoms with Crippen molar-refractivity contribution in [3.8, 4) is 0 Å². The monoisotopic (exact) mass is 400 g/mol. The van der Waals surface area contributed by atoms with Crippen molar-refractivity contribution in [1.82, 2.24) is 9.80 Å². The molecular formula is C19H17ClN4O4. The highest BCUT2D eigenvalue weighted by atomic mass is 35.5. The van der Waals surface area contributed by atoms with Crippen LogP contribution in [-0.2, 0) is 9.59 Å². The summed E-state index contributed by atoms with van der Waals surface area (Å²) in [5.74, 6) is -1.45. The van der Waals surface area contributed by atoms with Gasteiger partial charge >= 0.3 is 6.03 Å². The van der Waals surface area contributed by atoms with Crippen LogP contribution in [0.5, 0.6) is 0 Å². The third kappa shape index (κ3) is 4.29. The van der Waals surface area contributed by atoms with E-state index in [1.165, 1.54) is 11.9 Å². The molecule has 0 aromatic heterocycles. The summed E-state index contributed by atoms with van der Waals surface area (Å²) in [7, 11) is 1.48. The molecule has 0 aliphatic carbocycles. The standard InChI is InChI=1S/C19H17ClN4O4/c1-23-11-17(26)24(19(23)28)10-16(25)22-15-5-3-2-4-14(15)18(27)21-13-8-6-12(20)7-9-13/h2-9H,10-11H2,1H3,(H,21,27)(H,22,25). The molecule has 1 fully saturated rings. The number of benzene rings is 2. The largest absolute Gasteiger partial charge is 0.327 e. The van der Waals surface area contributed by atoms with Gasteiger partial charge in [0.05, 0.1) is 11.3 Å². The Bertz CT molecular complexity index is 945. The van der Waals surface area contributed by atoms with Crippen LogP contribution in [0.1, 0.15) is 10.4 Å². The lowest BCUT2D eigenvalue weighted by atomic mass is 10.1. The van der Waals surface area contributed by atoms with Crippen molar-refractivity contribution in [3.05, 3.63) is 59.1 Å². The summed E-state index contributed by atoms with van der Waals surface area (Å²) in [4.78, 5) is 50.7. The second-order valence-electron chi connectivity index (χ2n) is 6.17. The lowest BCUT2D eigenvalue weighted by Crippen LogP contribution is -2.38. The Morgan fingerprint density at radius 1 is 1.04 bits per heavy atom. The molecule has 3 rings (SSSR count). The molecule has 0 spiro atoms. The Hall–Kier alpha value is -3.39. The van der Waals surface area contributed by atoms with Gasteiger partial charge in [0.2, 0.25) is 5.91 Å². The van der Waals surface area contributed by atoms with Gasteiger partial charge in [-0.3, -0.25) is 19.3 Å². The van der Waals surface area contributed by atoms with Crippen molar-refractivity contribution in [1.29, 1.82) is 0 Å². The number of nitrogens with one attached hydrogen (secondary N) is 2. The van der Waals surface area contributed by atoms with E-state index in [2.05, 4.69) is 10.6 Å². The molecule has 1 saturated heterocycles. The first kappa shape index (κ1) is 19.4. The van der Waals surface area contributed by atoms with Gasteiger partial charge in [0.1, 0.15) is 13.1 Å². The summed E-state index contributed by atoms with van der Waals surface area (Å²) in [6.07, 6.45) is 0. The molecule has 144 valence electrons. The fourth-order valence-corrected chi connectivity index (χ4v) is 2.81. The molecule has 0 bridgehead atoms. The molecule has 8 nitrogen and oxygen atoms in total. The number of rotatable bonds is 5. The SMILES string of the molecule is CN1CC(=O)N(CC(=O)Nc2ccccc2C(=O)Nc2ccc(Cl)cc2)C1=O. The Labute approximate surface area is 166 Å². The number of hydrogen-bond acceptors (Lipinski definition) is 4. The van der Waals surface area contributed by atoms with Gasteiger partial charge < -0.3 is 15.5 Å². The zero-order chi connectivity index (χ0) is 20.3. The lowest BCUT2D eigenvalue weighted by molar-refractivity contribution is -0.129. The van der Waals surface area contributed by atoms with Crippen molar-refractivity contribution >= 4 is 46.7 Å². The lowest BCUT2D eigenvalue weighted by Gasteiger charge is -2.15.